The molecular weight excluding hydrogens is 368 g/mol. The molecule has 150 valence electrons. The third-order valence-electron chi connectivity index (χ3n) is 5.08. The van der Waals surface area contributed by atoms with Crippen LogP contribution in [0, 0.1) is 0 Å². The Bertz CT molecular complexity index is 746. The third kappa shape index (κ3) is 5.07. The zero-order chi connectivity index (χ0) is 19.4. The first kappa shape index (κ1) is 19.8. The van der Waals surface area contributed by atoms with Crippen LogP contribution >= 0.6 is 0 Å². The molecule has 1 aromatic rings. The van der Waals surface area contributed by atoms with E-state index in [1.165, 1.54) is 0 Å². The molecule has 9 nitrogen and oxygen atoms in total. The predicted octanol–water partition coefficient (Wildman–Crippen LogP) is 1.40. The minimum Gasteiger partial charge on any atom is -0.347 e. The number of anilines is 2. The molecule has 2 amide bonds. The predicted molar refractivity (Wildman–Crippen MR) is 104 cm³/mol. The minimum absolute atomic E-state index is 0.0477. The summed E-state index contributed by atoms with van der Waals surface area (Å²) in [4.78, 5) is 24.2. The topological polar surface area (TPSA) is 108 Å². The lowest BCUT2D eigenvalue weighted by molar-refractivity contribution is 0.200. The molecule has 1 atom stereocenters. The van der Waals surface area contributed by atoms with Gasteiger partial charge in [0.15, 0.2) is 0 Å². The van der Waals surface area contributed by atoms with Crippen molar-refractivity contribution in [3.05, 3.63) is 12.4 Å². The van der Waals surface area contributed by atoms with Crippen molar-refractivity contribution in [2.75, 3.05) is 37.4 Å². The van der Waals surface area contributed by atoms with Crippen molar-refractivity contribution >= 4 is 27.7 Å². The van der Waals surface area contributed by atoms with Gasteiger partial charge in [-0.1, -0.05) is 12.8 Å². The molecule has 2 fully saturated rings. The van der Waals surface area contributed by atoms with Crippen LogP contribution < -0.4 is 14.9 Å². The van der Waals surface area contributed by atoms with Crippen molar-refractivity contribution in [2.24, 2.45) is 0 Å². The average Bonchev–Trinajstić information content (AvgIpc) is 3.14. The Morgan fingerprint density at radius 1 is 1.15 bits per heavy atom. The van der Waals surface area contributed by atoms with Gasteiger partial charge in [-0.3, -0.25) is 0 Å². The van der Waals surface area contributed by atoms with Crippen LogP contribution in [-0.2, 0) is 10.0 Å². The quantitative estimate of drug-likeness (QED) is 0.779. The number of sulfonamides is 1. The summed E-state index contributed by atoms with van der Waals surface area (Å²) in [5.41, 5.74) is 0.486. The van der Waals surface area contributed by atoms with Gasteiger partial charge in [-0.15, -0.1) is 0 Å². The molecule has 0 aromatic carbocycles. The van der Waals surface area contributed by atoms with Crippen molar-refractivity contribution < 1.29 is 13.2 Å². The maximum atomic E-state index is 12.7. The van der Waals surface area contributed by atoms with Gasteiger partial charge in [-0.05, 0) is 25.7 Å². The molecule has 1 saturated heterocycles. The number of nitrogens with one attached hydrogen (secondary N) is 2. The van der Waals surface area contributed by atoms with Crippen LogP contribution in [0.3, 0.4) is 0 Å². The highest BCUT2D eigenvalue weighted by atomic mass is 32.2. The fraction of sp³-hybridized carbons (Fsp3) is 0.706. The van der Waals surface area contributed by atoms with E-state index < -0.39 is 15.3 Å². The number of likely N-dealkylation sites (tertiary alicyclic amines) is 1. The van der Waals surface area contributed by atoms with Gasteiger partial charge in [0.05, 0.1) is 23.3 Å². The van der Waals surface area contributed by atoms with Gasteiger partial charge in [0.2, 0.25) is 16.0 Å². The Morgan fingerprint density at radius 2 is 1.81 bits per heavy atom. The fourth-order valence-electron chi connectivity index (χ4n) is 3.57. The summed E-state index contributed by atoms with van der Waals surface area (Å²) in [6.45, 7) is 0.739. The van der Waals surface area contributed by atoms with Crippen molar-refractivity contribution in [3.63, 3.8) is 0 Å². The van der Waals surface area contributed by atoms with E-state index in [2.05, 4.69) is 20.0 Å². The summed E-state index contributed by atoms with van der Waals surface area (Å²) in [5, 5.41) is 2.19. The van der Waals surface area contributed by atoms with Crippen LogP contribution in [0.4, 0.5) is 16.4 Å². The van der Waals surface area contributed by atoms with Crippen LogP contribution in [0.5, 0.6) is 0 Å². The zero-order valence-electron chi connectivity index (χ0n) is 15.9. The second-order valence-corrected chi connectivity index (χ2v) is 9.44. The number of hydrogen-bond donors (Lipinski definition) is 2. The molecule has 10 heteroatoms. The molecule has 2 aliphatic rings. The summed E-state index contributed by atoms with van der Waals surface area (Å²) < 4.78 is 28.2. The molecule has 0 radical (unpaired) electrons. The summed E-state index contributed by atoms with van der Waals surface area (Å²) in [7, 11) is 0.247. The molecule has 1 aliphatic heterocycles. The number of aromatic nitrogens is 2. The highest BCUT2D eigenvalue weighted by molar-refractivity contribution is 7.90. The van der Waals surface area contributed by atoms with Gasteiger partial charge >= 0.3 is 6.03 Å². The summed E-state index contributed by atoms with van der Waals surface area (Å²) in [6, 6.07) is -0.275. The van der Waals surface area contributed by atoms with Crippen LogP contribution in [0.25, 0.3) is 0 Å². The second-order valence-electron chi connectivity index (χ2n) is 7.45. The van der Waals surface area contributed by atoms with Gasteiger partial charge in [-0.25, -0.2) is 27.9 Å². The molecule has 1 aliphatic carbocycles. The van der Waals surface area contributed by atoms with Crippen molar-refractivity contribution in [3.8, 4) is 0 Å². The summed E-state index contributed by atoms with van der Waals surface area (Å²) >= 11 is 0. The van der Waals surface area contributed by atoms with Crippen LogP contribution in [0.15, 0.2) is 12.4 Å². The van der Waals surface area contributed by atoms with Gasteiger partial charge in [0, 0.05) is 33.2 Å². The van der Waals surface area contributed by atoms with Gasteiger partial charge < -0.3 is 15.1 Å². The second kappa shape index (κ2) is 8.39. The number of nitrogens with zero attached hydrogens (tertiary/aromatic N) is 4. The summed E-state index contributed by atoms with van der Waals surface area (Å²) in [6.07, 6.45) is 8.27. The maximum absolute atomic E-state index is 12.7. The summed E-state index contributed by atoms with van der Waals surface area (Å²) in [5.74, 6) is 0.551. The van der Waals surface area contributed by atoms with Gasteiger partial charge in [0.25, 0.3) is 0 Å². The Labute approximate surface area is 160 Å². The Balaban J connectivity index is 1.58. The SMILES string of the molecule is CN(C)c1ncc(NC(=O)N2CCC[C@H](S(=O)(=O)NC3CCCC3)C2)cn1. The number of carbonyl (C=O) groups excluding carboxylic acids is 1. The van der Waals surface area contributed by atoms with Crippen molar-refractivity contribution in [2.45, 2.75) is 49.8 Å². The van der Waals surface area contributed by atoms with E-state index in [-0.39, 0.29) is 18.6 Å². The first-order valence-electron chi connectivity index (χ1n) is 9.41. The van der Waals surface area contributed by atoms with E-state index in [4.69, 9.17) is 0 Å². The van der Waals surface area contributed by atoms with E-state index in [1.807, 2.05) is 14.1 Å². The highest BCUT2D eigenvalue weighted by Crippen LogP contribution is 2.22. The Hall–Kier alpha value is -1.94. The molecule has 0 bridgehead atoms. The fourth-order valence-corrected chi connectivity index (χ4v) is 5.31. The van der Waals surface area contributed by atoms with E-state index in [0.29, 0.717) is 31.0 Å². The average molecular weight is 397 g/mol. The highest BCUT2D eigenvalue weighted by Gasteiger charge is 2.34. The molecule has 27 heavy (non-hydrogen) atoms. The van der Waals surface area contributed by atoms with E-state index in [0.717, 1.165) is 25.7 Å². The lowest BCUT2D eigenvalue weighted by atomic mass is 10.1. The van der Waals surface area contributed by atoms with Gasteiger partial charge in [0.1, 0.15) is 0 Å². The van der Waals surface area contributed by atoms with Crippen LogP contribution in [0.1, 0.15) is 38.5 Å². The standard InChI is InChI=1S/C17H28N6O3S/c1-22(2)16-18-10-14(11-19-16)20-17(24)23-9-5-8-15(12-23)27(25,26)21-13-6-3-4-7-13/h10-11,13,15,21H,3-9,12H2,1-2H3,(H,20,24)/t15-/m0/s1. The molecule has 0 spiro atoms. The normalized spacial score (nSPS) is 21.3. The molecule has 1 saturated carbocycles. The number of piperidine rings is 1. The molecule has 0 unspecified atom stereocenters. The minimum atomic E-state index is -3.42. The monoisotopic (exact) mass is 396 g/mol. The lowest BCUT2D eigenvalue weighted by Crippen LogP contribution is -2.50. The van der Waals surface area contributed by atoms with Crippen LogP contribution in [0.2, 0.25) is 0 Å². The largest absolute Gasteiger partial charge is 0.347 e. The number of rotatable bonds is 5. The third-order valence-corrected chi connectivity index (χ3v) is 7.00. The van der Waals surface area contributed by atoms with E-state index >= 15 is 0 Å². The maximum Gasteiger partial charge on any atom is 0.321 e. The van der Waals surface area contributed by atoms with E-state index in [9.17, 15) is 13.2 Å². The molecule has 3 rings (SSSR count). The number of carbonyl (C=O) groups is 1. The number of urea groups is 1. The molecule has 2 N–H and O–H groups in total. The van der Waals surface area contributed by atoms with Gasteiger partial charge in [-0.2, -0.15) is 0 Å². The lowest BCUT2D eigenvalue weighted by Gasteiger charge is -2.33. The first-order valence-corrected chi connectivity index (χ1v) is 11.0. The van der Waals surface area contributed by atoms with Crippen molar-refractivity contribution in [1.29, 1.82) is 0 Å². The molecule has 1 aromatic heterocycles. The van der Waals surface area contributed by atoms with E-state index in [1.54, 1.807) is 22.2 Å². The molecule has 2 heterocycles. The first-order chi connectivity index (χ1) is 12.8. The smallest absolute Gasteiger partial charge is 0.321 e. The number of amides is 2. The molecular formula is C17H28N6O3S. The Kier molecular flexibility index (Phi) is 6.15. The Morgan fingerprint density at radius 3 is 2.44 bits per heavy atom. The number of hydrogen-bond acceptors (Lipinski definition) is 6. The van der Waals surface area contributed by atoms with Crippen LogP contribution in [-0.4, -0.2) is 67.8 Å². The zero-order valence-corrected chi connectivity index (χ0v) is 16.7. The van der Waals surface area contributed by atoms with Crippen molar-refractivity contribution in [1.82, 2.24) is 19.6 Å².